The maximum atomic E-state index is 11.1. The lowest BCUT2D eigenvalue weighted by atomic mass is 10.1. The van der Waals surface area contributed by atoms with Crippen LogP contribution in [-0.2, 0) is 16.0 Å². The monoisotopic (exact) mass is 235 g/mol. The number of ether oxygens (including phenoxy) is 1. The van der Waals surface area contributed by atoms with Gasteiger partial charge >= 0.3 is 5.97 Å². The van der Waals surface area contributed by atoms with E-state index in [0.29, 0.717) is 12.8 Å². The van der Waals surface area contributed by atoms with Crippen molar-refractivity contribution in [2.24, 2.45) is 0 Å². The summed E-state index contributed by atoms with van der Waals surface area (Å²) in [6.07, 6.45) is 1.12. The van der Waals surface area contributed by atoms with Crippen molar-refractivity contribution in [3.63, 3.8) is 0 Å². The molecule has 0 radical (unpaired) electrons. The highest BCUT2D eigenvalue weighted by Crippen LogP contribution is 2.28. The number of aryl methyl sites for hydroxylation is 1. The Morgan fingerprint density at radius 1 is 1.50 bits per heavy atom. The number of hydrogen-bond donors (Lipinski definition) is 1. The smallest absolute Gasteiger partial charge is 0.305 e. The molecule has 2 aromatic rings. The van der Waals surface area contributed by atoms with Crippen LogP contribution < -0.4 is 5.73 Å². The molecule has 0 aliphatic heterocycles. The molecule has 16 heavy (non-hydrogen) atoms. The van der Waals surface area contributed by atoms with Crippen molar-refractivity contribution < 1.29 is 9.53 Å². The minimum atomic E-state index is -0.178. The van der Waals surface area contributed by atoms with Gasteiger partial charge in [0.2, 0.25) is 0 Å². The first-order valence-corrected chi connectivity index (χ1v) is 5.91. The van der Waals surface area contributed by atoms with Gasteiger partial charge < -0.3 is 10.5 Å². The van der Waals surface area contributed by atoms with E-state index in [1.54, 1.807) is 11.3 Å². The zero-order valence-electron chi connectivity index (χ0n) is 9.03. The number of fused-ring (bicyclic) bond motifs is 1. The van der Waals surface area contributed by atoms with Crippen LogP contribution in [0.3, 0.4) is 0 Å². The van der Waals surface area contributed by atoms with Gasteiger partial charge in [0.15, 0.2) is 0 Å². The lowest BCUT2D eigenvalue weighted by Gasteiger charge is -2.00. The topological polar surface area (TPSA) is 52.3 Å². The van der Waals surface area contributed by atoms with Crippen molar-refractivity contribution in [1.29, 1.82) is 0 Å². The van der Waals surface area contributed by atoms with Gasteiger partial charge in [-0.3, -0.25) is 4.79 Å². The molecule has 0 aliphatic rings. The summed E-state index contributed by atoms with van der Waals surface area (Å²) >= 11 is 1.67. The molecule has 0 saturated carbocycles. The van der Waals surface area contributed by atoms with Crippen LogP contribution in [0, 0.1) is 0 Å². The summed E-state index contributed by atoms with van der Waals surface area (Å²) in [5.74, 6) is -0.178. The van der Waals surface area contributed by atoms with Crippen LogP contribution in [0.25, 0.3) is 10.1 Å². The number of esters is 1. The van der Waals surface area contributed by atoms with Crippen molar-refractivity contribution in [2.45, 2.75) is 12.8 Å². The molecule has 2 rings (SSSR count). The molecule has 0 amide bonds. The molecule has 0 aliphatic carbocycles. The average molecular weight is 235 g/mol. The molecule has 1 aromatic heterocycles. The van der Waals surface area contributed by atoms with Gasteiger partial charge in [-0.05, 0) is 40.9 Å². The summed E-state index contributed by atoms with van der Waals surface area (Å²) in [6.45, 7) is 0. The number of methoxy groups -OCH3 is 1. The molecule has 4 heteroatoms. The van der Waals surface area contributed by atoms with Crippen LogP contribution in [0.5, 0.6) is 0 Å². The molecular formula is C12H13NO2S. The highest BCUT2D eigenvalue weighted by Gasteiger charge is 2.07. The quantitative estimate of drug-likeness (QED) is 0.657. The van der Waals surface area contributed by atoms with E-state index in [-0.39, 0.29) is 5.97 Å². The Labute approximate surface area is 97.8 Å². The lowest BCUT2D eigenvalue weighted by molar-refractivity contribution is -0.140. The highest BCUT2D eigenvalue weighted by molar-refractivity contribution is 7.17. The third-order valence-corrected chi connectivity index (χ3v) is 3.52. The Balaban J connectivity index is 2.24. The number of thiophene rings is 1. The van der Waals surface area contributed by atoms with Crippen LogP contribution in [0.4, 0.5) is 5.69 Å². The summed E-state index contributed by atoms with van der Waals surface area (Å²) in [5, 5.41) is 3.22. The largest absolute Gasteiger partial charge is 0.469 e. The van der Waals surface area contributed by atoms with E-state index in [2.05, 4.69) is 10.1 Å². The second kappa shape index (κ2) is 4.53. The number of benzene rings is 1. The Bertz CT molecular complexity index is 519. The Morgan fingerprint density at radius 3 is 3.06 bits per heavy atom. The van der Waals surface area contributed by atoms with Gasteiger partial charge in [-0.1, -0.05) is 0 Å². The van der Waals surface area contributed by atoms with Gasteiger partial charge in [-0.2, -0.15) is 0 Å². The third kappa shape index (κ3) is 2.17. The van der Waals surface area contributed by atoms with Crippen molar-refractivity contribution >= 4 is 33.1 Å². The SMILES string of the molecule is COC(=O)CCc1csc2ccc(N)cc12. The number of anilines is 1. The van der Waals surface area contributed by atoms with E-state index < -0.39 is 0 Å². The van der Waals surface area contributed by atoms with Gasteiger partial charge in [0.05, 0.1) is 7.11 Å². The van der Waals surface area contributed by atoms with Crippen molar-refractivity contribution in [3.8, 4) is 0 Å². The Hall–Kier alpha value is -1.55. The molecular weight excluding hydrogens is 222 g/mol. The minimum Gasteiger partial charge on any atom is -0.469 e. The van der Waals surface area contributed by atoms with Gasteiger partial charge in [-0.25, -0.2) is 0 Å². The number of nitrogens with two attached hydrogens (primary N) is 1. The molecule has 3 nitrogen and oxygen atoms in total. The van der Waals surface area contributed by atoms with Crippen LogP contribution >= 0.6 is 11.3 Å². The first-order valence-electron chi connectivity index (χ1n) is 5.03. The van der Waals surface area contributed by atoms with E-state index in [9.17, 15) is 4.79 Å². The maximum absolute atomic E-state index is 11.1. The normalized spacial score (nSPS) is 10.6. The van der Waals surface area contributed by atoms with Gasteiger partial charge in [0.25, 0.3) is 0 Å². The first-order chi connectivity index (χ1) is 7.70. The molecule has 2 N–H and O–H groups in total. The number of rotatable bonds is 3. The molecule has 84 valence electrons. The highest BCUT2D eigenvalue weighted by atomic mass is 32.1. The van der Waals surface area contributed by atoms with Crippen molar-refractivity contribution in [3.05, 3.63) is 29.1 Å². The van der Waals surface area contributed by atoms with E-state index in [1.807, 2.05) is 18.2 Å². The summed E-state index contributed by atoms with van der Waals surface area (Å²) in [6, 6.07) is 5.86. The number of carbonyl (C=O) groups excluding carboxylic acids is 1. The van der Waals surface area contributed by atoms with E-state index in [0.717, 1.165) is 16.6 Å². The van der Waals surface area contributed by atoms with Crippen LogP contribution in [0.2, 0.25) is 0 Å². The second-order valence-electron chi connectivity index (χ2n) is 3.59. The van der Waals surface area contributed by atoms with E-state index in [1.165, 1.54) is 11.8 Å². The zero-order chi connectivity index (χ0) is 11.5. The van der Waals surface area contributed by atoms with Crippen LogP contribution in [0.1, 0.15) is 12.0 Å². The van der Waals surface area contributed by atoms with Crippen molar-refractivity contribution in [2.75, 3.05) is 12.8 Å². The van der Waals surface area contributed by atoms with Crippen LogP contribution in [-0.4, -0.2) is 13.1 Å². The molecule has 0 spiro atoms. The predicted octanol–water partition coefficient (Wildman–Crippen LogP) is 2.59. The van der Waals surface area contributed by atoms with Crippen molar-refractivity contribution in [1.82, 2.24) is 0 Å². The minimum absolute atomic E-state index is 0.178. The fraction of sp³-hybridized carbons (Fsp3) is 0.250. The average Bonchev–Trinajstić information content (AvgIpc) is 2.68. The number of hydrogen-bond acceptors (Lipinski definition) is 4. The number of carbonyl (C=O) groups is 1. The Morgan fingerprint density at radius 2 is 2.31 bits per heavy atom. The summed E-state index contributed by atoms with van der Waals surface area (Å²) in [5.41, 5.74) is 7.67. The van der Waals surface area contributed by atoms with E-state index in [4.69, 9.17) is 5.73 Å². The molecule has 0 fully saturated rings. The van der Waals surface area contributed by atoms with Crippen LogP contribution in [0.15, 0.2) is 23.6 Å². The summed E-state index contributed by atoms with van der Waals surface area (Å²) in [4.78, 5) is 11.1. The van der Waals surface area contributed by atoms with Gasteiger partial charge in [0.1, 0.15) is 0 Å². The molecule has 0 unspecified atom stereocenters. The molecule has 0 bridgehead atoms. The van der Waals surface area contributed by atoms with Gasteiger partial charge in [0, 0.05) is 16.8 Å². The Kier molecular flexibility index (Phi) is 3.10. The molecule has 1 aromatic carbocycles. The maximum Gasteiger partial charge on any atom is 0.305 e. The summed E-state index contributed by atoms with van der Waals surface area (Å²) in [7, 11) is 1.41. The van der Waals surface area contributed by atoms with Gasteiger partial charge in [-0.15, -0.1) is 11.3 Å². The predicted molar refractivity (Wildman–Crippen MR) is 66.6 cm³/mol. The summed E-state index contributed by atoms with van der Waals surface area (Å²) < 4.78 is 5.83. The third-order valence-electron chi connectivity index (χ3n) is 2.50. The standard InChI is InChI=1S/C12H13NO2S/c1-15-12(14)5-2-8-7-16-11-4-3-9(13)6-10(8)11/h3-4,6-7H,2,5,13H2,1H3. The molecule has 1 heterocycles. The fourth-order valence-electron chi connectivity index (χ4n) is 1.63. The lowest BCUT2D eigenvalue weighted by Crippen LogP contribution is -2.01. The molecule has 0 atom stereocenters. The molecule has 0 saturated heterocycles. The second-order valence-corrected chi connectivity index (χ2v) is 4.50. The zero-order valence-corrected chi connectivity index (χ0v) is 9.84. The first kappa shape index (κ1) is 11.0. The van der Waals surface area contributed by atoms with E-state index >= 15 is 0 Å². The fourth-order valence-corrected chi connectivity index (χ4v) is 2.61. The number of nitrogen functional groups attached to an aromatic ring is 1.